The number of aromatic nitrogens is 6. The zero-order valence-electron chi connectivity index (χ0n) is 24.4. The van der Waals surface area contributed by atoms with E-state index in [0.29, 0.717) is 50.2 Å². The summed E-state index contributed by atoms with van der Waals surface area (Å²) >= 11 is 5.78. The molecule has 234 valence electrons. The molecule has 0 amide bonds. The van der Waals surface area contributed by atoms with Gasteiger partial charge in [0.15, 0.2) is 22.9 Å². The number of halogens is 3. The monoisotopic (exact) mass is 637 g/mol. The maximum Gasteiger partial charge on any atom is 0.354 e. The van der Waals surface area contributed by atoms with Crippen LogP contribution in [0.4, 0.5) is 8.78 Å². The number of likely N-dealkylation sites (tertiary alicyclic amines) is 1. The molecule has 0 saturated carbocycles. The molecule has 1 N–H and O–H groups in total. The first-order valence-corrected chi connectivity index (χ1v) is 14.9. The fourth-order valence-electron chi connectivity index (χ4n) is 5.31. The van der Waals surface area contributed by atoms with Crippen LogP contribution < -0.4 is 9.47 Å². The zero-order chi connectivity index (χ0) is 31.5. The normalized spacial score (nSPS) is 14.2. The Bertz CT molecular complexity index is 1840. The molecule has 1 aromatic carbocycles. The highest BCUT2D eigenvalue weighted by molar-refractivity contribution is 6.30. The number of aryl methyl sites for hydroxylation is 1. The summed E-state index contributed by atoms with van der Waals surface area (Å²) in [5, 5.41) is 9.75. The number of rotatable bonds is 11. The molecule has 45 heavy (non-hydrogen) atoms. The summed E-state index contributed by atoms with van der Waals surface area (Å²) in [6.07, 6.45) is 4.82. The summed E-state index contributed by atoms with van der Waals surface area (Å²) in [5.41, 5.74) is 2.05. The molecular weight excluding hydrogens is 608 g/mol. The minimum Gasteiger partial charge on any atom is -0.484 e. The van der Waals surface area contributed by atoms with Gasteiger partial charge in [-0.25, -0.2) is 33.5 Å². The van der Waals surface area contributed by atoms with Crippen LogP contribution in [0.2, 0.25) is 5.02 Å². The highest BCUT2D eigenvalue weighted by Crippen LogP contribution is 2.25. The molecular formula is C31H30ClF2N7O4. The molecule has 5 heterocycles. The van der Waals surface area contributed by atoms with E-state index >= 15 is 0 Å². The molecule has 4 aromatic heterocycles. The number of hydrogen-bond donors (Lipinski definition) is 1. The Morgan fingerprint density at radius 1 is 1.04 bits per heavy atom. The van der Waals surface area contributed by atoms with Crippen LogP contribution in [0.15, 0.2) is 55.0 Å². The van der Waals surface area contributed by atoms with E-state index in [4.69, 9.17) is 26.1 Å². The van der Waals surface area contributed by atoms with E-state index in [9.17, 15) is 18.7 Å². The summed E-state index contributed by atoms with van der Waals surface area (Å²) in [6, 6.07) is 9.85. The fraction of sp³-hybridized carbons (Fsp3) is 0.323. The number of pyridine rings is 2. The average Bonchev–Trinajstić information content (AvgIpc) is 3.62. The molecule has 0 unspecified atom stereocenters. The van der Waals surface area contributed by atoms with Crippen molar-refractivity contribution >= 4 is 28.7 Å². The van der Waals surface area contributed by atoms with Gasteiger partial charge in [0.2, 0.25) is 5.88 Å². The van der Waals surface area contributed by atoms with E-state index in [1.807, 2.05) is 16.1 Å². The maximum absolute atomic E-state index is 14.4. The van der Waals surface area contributed by atoms with Crippen LogP contribution in [0.25, 0.3) is 11.2 Å². The van der Waals surface area contributed by atoms with E-state index in [-0.39, 0.29) is 40.8 Å². The van der Waals surface area contributed by atoms with E-state index in [2.05, 4.69) is 19.9 Å². The standard InChI is InChI=1S/C31H30ClF2N7O4/c1-2-40-18-35-14-20(40)15-41-28(36-24-5-6-25(31(42)43)38-30(24)41)16-39-11-9-21(10-12-39)45-29-8-4-22(33)26(37-29)17-44-27-7-3-19(32)13-23(27)34/h3-8,13-14,18,21H,2,9-12,15-17H2,1H3,(H,42,43). The summed E-state index contributed by atoms with van der Waals surface area (Å²) in [4.78, 5) is 31.6. The van der Waals surface area contributed by atoms with Gasteiger partial charge in [-0.3, -0.25) is 4.90 Å². The molecule has 14 heteroatoms. The Morgan fingerprint density at radius 2 is 1.87 bits per heavy atom. The number of carboxylic acid groups (broad SMARTS) is 1. The molecule has 0 spiro atoms. The summed E-state index contributed by atoms with van der Waals surface area (Å²) in [6.45, 7) is 4.90. The Balaban J connectivity index is 1.11. The Kier molecular flexibility index (Phi) is 8.90. The van der Waals surface area contributed by atoms with Gasteiger partial charge in [0, 0.05) is 36.9 Å². The molecule has 6 rings (SSSR count). The van der Waals surface area contributed by atoms with Gasteiger partial charge in [0.25, 0.3) is 0 Å². The Hall–Kier alpha value is -4.62. The number of nitrogens with zero attached hydrogens (tertiary/aromatic N) is 7. The van der Waals surface area contributed by atoms with Crippen molar-refractivity contribution in [3.8, 4) is 11.6 Å². The van der Waals surface area contributed by atoms with Crippen LogP contribution in [0.1, 0.15) is 47.5 Å². The molecule has 1 fully saturated rings. The maximum atomic E-state index is 14.4. The lowest BCUT2D eigenvalue weighted by Crippen LogP contribution is -2.38. The van der Waals surface area contributed by atoms with Gasteiger partial charge < -0.3 is 23.7 Å². The number of piperidine rings is 1. The molecule has 0 atom stereocenters. The van der Waals surface area contributed by atoms with E-state index in [1.165, 1.54) is 30.3 Å². The molecule has 0 radical (unpaired) electrons. The SMILES string of the molecule is CCn1cncc1Cn1c(CN2CCC(Oc3ccc(F)c(COc4ccc(Cl)cc4F)n3)CC2)nc2ccc(C(=O)O)nc21. The smallest absolute Gasteiger partial charge is 0.354 e. The minimum absolute atomic E-state index is 0.00210. The lowest BCUT2D eigenvalue weighted by atomic mass is 10.1. The number of hydrogen-bond acceptors (Lipinski definition) is 8. The first-order chi connectivity index (χ1) is 21.8. The quantitative estimate of drug-likeness (QED) is 0.204. The average molecular weight is 638 g/mol. The predicted octanol–water partition coefficient (Wildman–Crippen LogP) is 5.34. The van der Waals surface area contributed by atoms with Crippen molar-refractivity contribution in [2.24, 2.45) is 0 Å². The van der Waals surface area contributed by atoms with Crippen LogP contribution in [-0.4, -0.2) is 64.2 Å². The van der Waals surface area contributed by atoms with Crippen molar-refractivity contribution in [2.45, 2.75) is 52.1 Å². The van der Waals surface area contributed by atoms with Crippen LogP contribution in [0.3, 0.4) is 0 Å². The van der Waals surface area contributed by atoms with Crippen molar-refractivity contribution in [1.29, 1.82) is 0 Å². The summed E-state index contributed by atoms with van der Waals surface area (Å²) in [7, 11) is 0. The first-order valence-electron chi connectivity index (χ1n) is 14.5. The second kappa shape index (κ2) is 13.2. The molecule has 1 aliphatic rings. The van der Waals surface area contributed by atoms with Crippen LogP contribution in [0.5, 0.6) is 11.6 Å². The van der Waals surface area contributed by atoms with Gasteiger partial charge in [0.05, 0.1) is 25.1 Å². The van der Waals surface area contributed by atoms with Gasteiger partial charge in [0.1, 0.15) is 35.6 Å². The number of carboxylic acids is 1. The van der Waals surface area contributed by atoms with Gasteiger partial charge >= 0.3 is 5.97 Å². The second-order valence-electron chi connectivity index (χ2n) is 10.7. The zero-order valence-corrected chi connectivity index (χ0v) is 25.1. The largest absolute Gasteiger partial charge is 0.484 e. The van der Waals surface area contributed by atoms with Crippen molar-refractivity contribution in [1.82, 2.24) is 34.0 Å². The van der Waals surface area contributed by atoms with E-state index < -0.39 is 17.6 Å². The minimum atomic E-state index is -1.10. The third kappa shape index (κ3) is 6.89. The van der Waals surface area contributed by atoms with E-state index in [0.717, 1.165) is 24.1 Å². The van der Waals surface area contributed by atoms with Crippen molar-refractivity contribution in [3.05, 3.63) is 94.6 Å². The number of imidazole rings is 2. The molecule has 1 saturated heterocycles. The van der Waals surface area contributed by atoms with Gasteiger partial charge in [-0.2, -0.15) is 0 Å². The molecule has 5 aromatic rings. The number of ether oxygens (including phenoxy) is 2. The topological polar surface area (TPSA) is 120 Å². The Labute approximate surface area is 262 Å². The number of carbonyl (C=O) groups is 1. The van der Waals surface area contributed by atoms with Gasteiger partial charge in [-0.1, -0.05) is 11.6 Å². The predicted molar refractivity (Wildman–Crippen MR) is 160 cm³/mol. The molecule has 1 aliphatic heterocycles. The van der Waals surface area contributed by atoms with Crippen molar-refractivity contribution < 1.29 is 28.2 Å². The third-order valence-electron chi connectivity index (χ3n) is 7.69. The number of aromatic carboxylic acids is 1. The lowest BCUT2D eigenvalue weighted by Gasteiger charge is -2.31. The second-order valence-corrected chi connectivity index (χ2v) is 11.1. The Morgan fingerprint density at radius 3 is 2.62 bits per heavy atom. The summed E-state index contributed by atoms with van der Waals surface area (Å²) < 4.78 is 44.0. The first kappa shape index (κ1) is 30.4. The fourth-order valence-corrected chi connectivity index (χ4v) is 5.47. The lowest BCUT2D eigenvalue weighted by molar-refractivity contribution is 0.0691. The van der Waals surface area contributed by atoms with Gasteiger partial charge in [-0.15, -0.1) is 0 Å². The number of fused-ring (bicyclic) bond motifs is 1. The van der Waals surface area contributed by atoms with Crippen LogP contribution in [0, 0.1) is 11.6 Å². The molecule has 0 bridgehead atoms. The summed E-state index contributed by atoms with van der Waals surface area (Å²) in [5.74, 6) is -1.35. The van der Waals surface area contributed by atoms with Crippen LogP contribution in [-0.2, 0) is 26.2 Å². The van der Waals surface area contributed by atoms with Crippen molar-refractivity contribution in [2.75, 3.05) is 13.1 Å². The number of benzene rings is 1. The van der Waals surface area contributed by atoms with Crippen LogP contribution >= 0.6 is 11.6 Å². The highest BCUT2D eigenvalue weighted by Gasteiger charge is 2.24. The highest BCUT2D eigenvalue weighted by atomic mass is 35.5. The molecule has 0 aliphatic carbocycles. The van der Waals surface area contributed by atoms with Crippen molar-refractivity contribution in [3.63, 3.8) is 0 Å². The van der Waals surface area contributed by atoms with Gasteiger partial charge in [-0.05, 0) is 56.2 Å². The third-order valence-corrected chi connectivity index (χ3v) is 7.92. The van der Waals surface area contributed by atoms with E-state index in [1.54, 1.807) is 18.6 Å². The molecule has 11 nitrogen and oxygen atoms in total.